The van der Waals surface area contributed by atoms with E-state index in [-0.39, 0.29) is 0 Å². The molecule has 0 saturated heterocycles. The van der Waals surface area contributed by atoms with Gasteiger partial charge in [-0.15, -0.1) is 0 Å². The van der Waals surface area contributed by atoms with Gasteiger partial charge < -0.3 is 9.13 Å². The minimum absolute atomic E-state index is 1.00. The molecule has 0 aliphatic rings. The van der Waals surface area contributed by atoms with Gasteiger partial charge in [-0.2, -0.15) is 0 Å². The molecule has 224 valence electrons. The molecule has 48 heavy (non-hydrogen) atoms. The maximum absolute atomic E-state index is 4.79. The molecule has 0 fully saturated rings. The van der Waals surface area contributed by atoms with Gasteiger partial charge in [0.15, 0.2) is 0 Å². The number of hydrogen-bond acceptors (Lipinski definition) is 1. The molecular formula is C45H29N3. The zero-order chi connectivity index (χ0) is 31.6. The molecule has 10 rings (SSSR count). The molecule has 10 aromatic rings. The number of hydrogen-bond donors (Lipinski definition) is 0. The lowest BCUT2D eigenvalue weighted by molar-refractivity contribution is 1.18. The lowest BCUT2D eigenvalue weighted by Gasteiger charge is -2.14. The Morgan fingerprint density at radius 1 is 0.354 bits per heavy atom. The molecule has 0 aliphatic heterocycles. The summed E-state index contributed by atoms with van der Waals surface area (Å²) in [6.45, 7) is 0. The van der Waals surface area contributed by atoms with Gasteiger partial charge in [-0.05, 0) is 71.3 Å². The second kappa shape index (κ2) is 10.5. The van der Waals surface area contributed by atoms with Crippen LogP contribution in [0.2, 0.25) is 0 Å². The SMILES string of the molecule is c1ccc(-c2ccccc2-n2c3ccccc3c3cc(-c4ccc5c(c4)c4ccccc4n5-c4cccc5cccnc45)ccc32)cc1. The summed E-state index contributed by atoms with van der Waals surface area (Å²) in [5, 5.41) is 6.10. The van der Waals surface area contributed by atoms with E-state index in [1.165, 1.54) is 71.6 Å². The van der Waals surface area contributed by atoms with Crippen LogP contribution in [0.5, 0.6) is 0 Å². The standard InChI is InChI=1S/C45H29N3/c1-2-12-30(13-3-1)34-16-4-7-19-39(34)47-40-20-8-5-17-35(40)37-28-32(23-25-42(37)47)33-24-26-43-38(29-33)36-18-6-9-21-41(36)48(43)44-22-10-14-31-15-11-27-46-45(31)44/h1-29H. The molecule has 0 unspecified atom stereocenters. The van der Waals surface area contributed by atoms with E-state index in [2.05, 4.69) is 173 Å². The van der Waals surface area contributed by atoms with E-state index in [0.717, 1.165) is 16.6 Å². The van der Waals surface area contributed by atoms with Crippen LogP contribution in [-0.2, 0) is 0 Å². The Hall–Kier alpha value is -6.45. The molecular weight excluding hydrogens is 583 g/mol. The number of aromatic nitrogens is 3. The van der Waals surface area contributed by atoms with E-state index in [0.29, 0.717) is 0 Å². The van der Waals surface area contributed by atoms with Gasteiger partial charge in [-0.1, -0.05) is 115 Å². The van der Waals surface area contributed by atoms with Crippen molar-refractivity contribution in [2.45, 2.75) is 0 Å². The maximum atomic E-state index is 4.79. The number of pyridine rings is 1. The first-order chi connectivity index (χ1) is 23.8. The summed E-state index contributed by atoms with van der Waals surface area (Å²) >= 11 is 0. The van der Waals surface area contributed by atoms with Crippen molar-refractivity contribution in [3.8, 4) is 33.6 Å². The highest BCUT2D eigenvalue weighted by molar-refractivity contribution is 6.13. The van der Waals surface area contributed by atoms with Gasteiger partial charge >= 0.3 is 0 Å². The largest absolute Gasteiger partial charge is 0.309 e. The zero-order valence-corrected chi connectivity index (χ0v) is 26.1. The van der Waals surface area contributed by atoms with E-state index < -0.39 is 0 Å². The number of fused-ring (bicyclic) bond motifs is 7. The van der Waals surface area contributed by atoms with Crippen LogP contribution >= 0.6 is 0 Å². The van der Waals surface area contributed by atoms with Crippen LogP contribution in [0, 0.1) is 0 Å². The Bertz CT molecular complexity index is 2830. The Labute approximate surface area is 277 Å². The second-order valence-corrected chi connectivity index (χ2v) is 12.4. The fraction of sp³-hybridized carbons (Fsp3) is 0. The van der Waals surface area contributed by atoms with Crippen LogP contribution in [0.3, 0.4) is 0 Å². The topological polar surface area (TPSA) is 22.8 Å². The van der Waals surface area contributed by atoms with Gasteiger partial charge in [-0.3, -0.25) is 4.98 Å². The average molecular weight is 612 g/mol. The number of para-hydroxylation sites is 4. The van der Waals surface area contributed by atoms with Crippen LogP contribution in [0.25, 0.3) is 88.1 Å². The third-order valence-electron chi connectivity index (χ3n) is 9.76. The van der Waals surface area contributed by atoms with Gasteiger partial charge in [0.05, 0.1) is 39.0 Å². The van der Waals surface area contributed by atoms with Crippen LogP contribution in [0.15, 0.2) is 176 Å². The summed E-state index contributed by atoms with van der Waals surface area (Å²) in [5.74, 6) is 0. The van der Waals surface area contributed by atoms with Crippen molar-refractivity contribution in [2.24, 2.45) is 0 Å². The molecule has 0 saturated carbocycles. The van der Waals surface area contributed by atoms with Gasteiger partial charge in [0.1, 0.15) is 0 Å². The first-order valence-electron chi connectivity index (χ1n) is 16.4. The summed E-state index contributed by atoms with van der Waals surface area (Å²) in [6.07, 6.45) is 1.88. The predicted molar refractivity (Wildman–Crippen MR) is 201 cm³/mol. The van der Waals surface area contributed by atoms with Crippen LogP contribution < -0.4 is 0 Å². The Morgan fingerprint density at radius 3 is 1.60 bits per heavy atom. The van der Waals surface area contributed by atoms with Crippen molar-refractivity contribution in [3.63, 3.8) is 0 Å². The fourth-order valence-corrected chi connectivity index (χ4v) is 7.62. The molecule has 0 amide bonds. The minimum atomic E-state index is 1.00. The molecule has 0 N–H and O–H groups in total. The Kier molecular flexibility index (Phi) is 5.87. The van der Waals surface area contributed by atoms with Gasteiger partial charge in [0.2, 0.25) is 0 Å². The van der Waals surface area contributed by atoms with Gasteiger partial charge in [0.25, 0.3) is 0 Å². The van der Waals surface area contributed by atoms with Crippen molar-refractivity contribution in [1.29, 1.82) is 0 Å². The van der Waals surface area contributed by atoms with Gasteiger partial charge in [-0.25, -0.2) is 0 Å². The quantitative estimate of drug-likeness (QED) is 0.194. The van der Waals surface area contributed by atoms with E-state index in [1.54, 1.807) is 0 Å². The lowest BCUT2D eigenvalue weighted by atomic mass is 10.0. The Morgan fingerprint density at radius 2 is 0.896 bits per heavy atom. The number of benzene rings is 7. The number of rotatable bonds is 4. The first kappa shape index (κ1) is 26.7. The highest BCUT2D eigenvalue weighted by Crippen LogP contribution is 2.40. The highest BCUT2D eigenvalue weighted by atomic mass is 15.0. The molecule has 0 bridgehead atoms. The maximum Gasteiger partial charge on any atom is 0.0942 e. The summed E-state index contributed by atoms with van der Waals surface area (Å²) in [5.41, 5.74) is 12.9. The van der Waals surface area contributed by atoms with Crippen LogP contribution in [-0.4, -0.2) is 14.1 Å². The summed E-state index contributed by atoms with van der Waals surface area (Å²) in [4.78, 5) is 4.79. The molecule has 3 nitrogen and oxygen atoms in total. The molecule has 0 aliphatic carbocycles. The molecule has 7 aromatic carbocycles. The summed E-state index contributed by atoms with van der Waals surface area (Å²) < 4.78 is 4.79. The van der Waals surface area contributed by atoms with E-state index >= 15 is 0 Å². The molecule has 3 heterocycles. The highest BCUT2D eigenvalue weighted by Gasteiger charge is 2.18. The van der Waals surface area contributed by atoms with Crippen molar-refractivity contribution < 1.29 is 0 Å². The minimum Gasteiger partial charge on any atom is -0.309 e. The van der Waals surface area contributed by atoms with Crippen LogP contribution in [0.1, 0.15) is 0 Å². The van der Waals surface area contributed by atoms with Crippen molar-refractivity contribution in [2.75, 3.05) is 0 Å². The predicted octanol–water partition coefficient (Wildman–Crippen LogP) is 11.8. The average Bonchev–Trinajstić information content (AvgIpc) is 3.67. The normalized spacial score (nSPS) is 11.8. The van der Waals surface area contributed by atoms with Crippen molar-refractivity contribution in [1.82, 2.24) is 14.1 Å². The van der Waals surface area contributed by atoms with Crippen molar-refractivity contribution in [3.05, 3.63) is 176 Å². The summed E-state index contributed by atoms with van der Waals surface area (Å²) in [6, 6.07) is 61.3. The molecule has 0 radical (unpaired) electrons. The van der Waals surface area contributed by atoms with E-state index in [9.17, 15) is 0 Å². The smallest absolute Gasteiger partial charge is 0.0942 e. The molecule has 3 heteroatoms. The second-order valence-electron chi connectivity index (χ2n) is 12.4. The lowest BCUT2D eigenvalue weighted by Crippen LogP contribution is -1.97. The number of nitrogens with zero attached hydrogens (tertiary/aromatic N) is 3. The Balaban J connectivity index is 1.18. The molecule has 3 aromatic heterocycles. The molecule has 0 spiro atoms. The first-order valence-corrected chi connectivity index (χ1v) is 16.4. The van der Waals surface area contributed by atoms with E-state index in [1.807, 2.05) is 12.3 Å². The fourth-order valence-electron chi connectivity index (χ4n) is 7.62. The van der Waals surface area contributed by atoms with Crippen LogP contribution in [0.4, 0.5) is 0 Å². The summed E-state index contributed by atoms with van der Waals surface area (Å²) in [7, 11) is 0. The molecule has 0 atom stereocenters. The third kappa shape index (κ3) is 3.98. The van der Waals surface area contributed by atoms with Gasteiger partial charge in [0, 0.05) is 38.7 Å². The van der Waals surface area contributed by atoms with Crippen molar-refractivity contribution >= 4 is 54.5 Å². The third-order valence-corrected chi connectivity index (χ3v) is 9.76. The zero-order valence-electron chi connectivity index (χ0n) is 26.1. The van der Waals surface area contributed by atoms with E-state index in [4.69, 9.17) is 4.98 Å². The monoisotopic (exact) mass is 611 g/mol.